The Morgan fingerprint density at radius 1 is 1.03 bits per heavy atom. The molecule has 31 heavy (non-hydrogen) atoms. The molecule has 0 atom stereocenters. The van der Waals surface area contributed by atoms with Crippen molar-refractivity contribution in [3.63, 3.8) is 0 Å². The van der Waals surface area contributed by atoms with Crippen LogP contribution in [0.5, 0.6) is 0 Å². The standard InChI is InChI=1S/C22H30N2O5S2/c1-6-29-22(26)19-11-12-30-21(19)23-20(25)17-7-9-18(10-8-17)31(27,28)24(13-15(2)3)14-16(4)5/h7-12,15-16H,6,13-14H2,1-5H3,(H,23,25). The van der Waals surface area contributed by atoms with Crippen molar-refractivity contribution in [2.45, 2.75) is 39.5 Å². The summed E-state index contributed by atoms with van der Waals surface area (Å²) in [5, 5.41) is 4.78. The minimum absolute atomic E-state index is 0.147. The van der Waals surface area contributed by atoms with Gasteiger partial charge in [0, 0.05) is 18.7 Å². The van der Waals surface area contributed by atoms with Crippen LogP contribution in [0.25, 0.3) is 0 Å². The van der Waals surface area contributed by atoms with Crippen LogP contribution in [0.2, 0.25) is 0 Å². The third-order valence-corrected chi connectivity index (χ3v) is 6.96. The largest absolute Gasteiger partial charge is 0.462 e. The molecule has 7 nitrogen and oxygen atoms in total. The Bertz CT molecular complexity index is 985. The van der Waals surface area contributed by atoms with Gasteiger partial charge in [-0.25, -0.2) is 13.2 Å². The molecule has 0 unspecified atom stereocenters. The van der Waals surface area contributed by atoms with Gasteiger partial charge in [-0.2, -0.15) is 4.31 Å². The van der Waals surface area contributed by atoms with E-state index in [1.807, 2.05) is 27.7 Å². The minimum Gasteiger partial charge on any atom is -0.462 e. The highest BCUT2D eigenvalue weighted by Crippen LogP contribution is 2.25. The highest BCUT2D eigenvalue weighted by Gasteiger charge is 2.26. The molecule has 1 N–H and O–H groups in total. The van der Waals surface area contributed by atoms with Crippen molar-refractivity contribution in [3.05, 3.63) is 46.8 Å². The van der Waals surface area contributed by atoms with E-state index in [4.69, 9.17) is 4.74 Å². The number of esters is 1. The molecule has 1 aromatic carbocycles. The topological polar surface area (TPSA) is 92.8 Å². The quantitative estimate of drug-likeness (QED) is 0.521. The lowest BCUT2D eigenvalue weighted by atomic mass is 10.2. The van der Waals surface area contributed by atoms with Crippen molar-refractivity contribution in [2.75, 3.05) is 25.0 Å². The van der Waals surface area contributed by atoms with Gasteiger partial charge in [-0.3, -0.25) is 4.79 Å². The van der Waals surface area contributed by atoms with Crippen molar-refractivity contribution in [3.8, 4) is 0 Å². The van der Waals surface area contributed by atoms with Gasteiger partial charge < -0.3 is 10.1 Å². The molecule has 0 fully saturated rings. The molecule has 170 valence electrons. The van der Waals surface area contributed by atoms with Gasteiger partial charge >= 0.3 is 5.97 Å². The number of rotatable bonds is 10. The van der Waals surface area contributed by atoms with E-state index >= 15 is 0 Å². The summed E-state index contributed by atoms with van der Waals surface area (Å²) in [5.41, 5.74) is 0.582. The summed E-state index contributed by atoms with van der Waals surface area (Å²) in [6.07, 6.45) is 0. The number of anilines is 1. The molecular formula is C22H30N2O5S2. The molecule has 0 radical (unpaired) electrons. The number of thiophene rings is 1. The fraction of sp³-hybridized carbons (Fsp3) is 0.455. The molecule has 0 saturated heterocycles. The molecule has 0 aliphatic rings. The number of hydrogen-bond acceptors (Lipinski definition) is 6. The van der Waals surface area contributed by atoms with Crippen LogP contribution in [0.3, 0.4) is 0 Å². The lowest BCUT2D eigenvalue weighted by Gasteiger charge is -2.25. The first-order valence-electron chi connectivity index (χ1n) is 10.2. The predicted octanol–water partition coefficient (Wildman–Crippen LogP) is 4.48. The molecule has 0 saturated carbocycles. The number of carbonyl (C=O) groups excluding carboxylic acids is 2. The summed E-state index contributed by atoms with van der Waals surface area (Å²) in [5.74, 6) is -0.551. The number of nitrogens with zero attached hydrogens (tertiary/aromatic N) is 1. The highest BCUT2D eigenvalue weighted by molar-refractivity contribution is 7.89. The van der Waals surface area contributed by atoms with Gasteiger partial charge in [-0.15, -0.1) is 11.3 Å². The fourth-order valence-electron chi connectivity index (χ4n) is 2.96. The maximum atomic E-state index is 13.1. The van der Waals surface area contributed by atoms with E-state index in [9.17, 15) is 18.0 Å². The van der Waals surface area contributed by atoms with E-state index in [1.165, 1.54) is 39.9 Å². The second-order valence-corrected chi connectivity index (χ2v) is 10.8. The van der Waals surface area contributed by atoms with E-state index in [0.29, 0.717) is 23.7 Å². The molecule has 0 bridgehead atoms. The van der Waals surface area contributed by atoms with Crippen LogP contribution in [-0.2, 0) is 14.8 Å². The van der Waals surface area contributed by atoms with Crippen molar-refractivity contribution < 1.29 is 22.7 Å². The first-order valence-corrected chi connectivity index (χ1v) is 12.5. The summed E-state index contributed by atoms with van der Waals surface area (Å²) in [6, 6.07) is 7.43. The van der Waals surface area contributed by atoms with Crippen LogP contribution >= 0.6 is 11.3 Å². The number of hydrogen-bond donors (Lipinski definition) is 1. The van der Waals surface area contributed by atoms with Gasteiger partial charge in [-0.05, 0) is 54.5 Å². The molecule has 0 spiro atoms. The van der Waals surface area contributed by atoms with Crippen LogP contribution in [0, 0.1) is 11.8 Å². The lowest BCUT2D eigenvalue weighted by Crippen LogP contribution is -2.37. The van der Waals surface area contributed by atoms with E-state index in [1.54, 1.807) is 18.4 Å². The molecule has 0 aliphatic heterocycles. The number of carbonyl (C=O) groups is 2. The van der Waals surface area contributed by atoms with E-state index < -0.39 is 21.9 Å². The first-order chi connectivity index (χ1) is 14.6. The van der Waals surface area contributed by atoms with Gasteiger partial charge in [0.2, 0.25) is 10.0 Å². The molecule has 2 rings (SSSR count). The summed E-state index contributed by atoms with van der Waals surface area (Å²) in [4.78, 5) is 24.7. The van der Waals surface area contributed by atoms with Gasteiger partial charge in [-0.1, -0.05) is 27.7 Å². The van der Waals surface area contributed by atoms with Crippen molar-refractivity contribution in [2.24, 2.45) is 11.8 Å². The highest BCUT2D eigenvalue weighted by atomic mass is 32.2. The minimum atomic E-state index is -3.67. The Balaban J connectivity index is 2.20. The molecule has 2 aromatic rings. The van der Waals surface area contributed by atoms with E-state index in [-0.39, 0.29) is 28.9 Å². The van der Waals surface area contributed by atoms with Crippen molar-refractivity contribution in [1.82, 2.24) is 4.31 Å². The molecular weight excluding hydrogens is 436 g/mol. The molecule has 9 heteroatoms. The first kappa shape index (κ1) is 25.0. The molecule has 1 amide bonds. The van der Waals surface area contributed by atoms with Crippen molar-refractivity contribution >= 4 is 38.2 Å². The number of amides is 1. The number of ether oxygens (including phenoxy) is 1. The van der Waals surface area contributed by atoms with Crippen molar-refractivity contribution in [1.29, 1.82) is 0 Å². The average molecular weight is 467 g/mol. The zero-order chi connectivity index (χ0) is 23.2. The van der Waals surface area contributed by atoms with Gasteiger partial charge in [0.15, 0.2) is 0 Å². The summed E-state index contributed by atoms with van der Waals surface area (Å²) in [6.45, 7) is 10.7. The Kier molecular flexibility index (Phi) is 8.79. The second kappa shape index (κ2) is 10.9. The second-order valence-electron chi connectivity index (χ2n) is 7.97. The third-order valence-electron chi connectivity index (χ3n) is 4.28. The zero-order valence-electron chi connectivity index (χ0n) is 18.5. The number of sulfonamides is 1. The Morgan fingerprint density at radius 2 is 1.61 bits per heavy atom. The smallest absolute Gasteiger partial charge is 0.341 e. The Morgan fingerprint density at radius 3 is 2.13 bits per heavy atom. The van der Waals surface area contributed by atoms with E-state index in [2.05, 4.69) is 5.32 Å². The number of benzene rings is 1. The Hall–Kier alpha value is -2.23. The van der Waals surface area contributed by atoms with Gasteiger partial charge in [0.1, 0.15) is 5.00 Å². The summed E-state index contributed by atoms with van der Waals surface area (Å²) >= 11 is 1.21. The van der Waals surface area contributed by atoms with Gasteiger partial charge in [0.25, 0.3) is 5.91 Å². The summed E-state index contributed by atoms with van der Waals surface area (Å²) in [7, 11) is -3.67. The fourth-order valence-corrected chi connectivity index (χ4v) is 5.50. The number of nitrogens with one attached hydrogen (secondary N) is 1. The van der Waals surface area contributed by atoms with Crippen LogP contribution in [0.15, 0.2) is 40.6 Å². The molecule has 1 aromatic heterocycles. The van der Waals surface area contributed by atoms with Crippen LogP contribution in [0.4, 0.5) is 5.00 Å². The average Bonchev–Trinajstić information content (AvgIpc) is 3.15. The summed E-state index contributed by atoms with van der Waals surface area (Å²) < 4.78 is 32.7. The van der Waals surface area contributed by atoms with Crippen LogP contribution < -0.4 is 5.32 Å². The monoisotopic (exact) mass is 466 g/mol. The van der Waals surface area contributed by atoms with E-state index in [0.717, 1.165) is 0 Å². The SMILES string of the molecule is CCOC(=O)c1ccsc1NC(=O)c1ccc(S(=O)(=O)N(CC(C)C)CC(C)C)cc1. The van der Waals surface area contributed by atoms with Crippen LogP contribution in [-0.4, -0.2) is 44.3 Å². The van der Waals surface area contributed by atoms with Gasteiger partial charge in [0.05, 0.1) is 17.1 Å². The normalized spacial score (nSPS) is 11.9. The third kappa shape index (κ3) is 6.62. The maximum Gasteiger partial charge on any atom is 0.341 e. The maximum absolute atomic E-state index is 13.1. The lowest BCUT2D eigenvalue weighted by molar-refractivity contribution is 0.0528. The molecule has 1 heterocycles. The zero-order valence-corrected chi connectivity index (χ0v) is 20.2. The molecule has 0 aliphatic carbocycles. The van der Waals surface area contributed by atoms with Crippen LogP contribution in [0.1, 0.15) is 55.3 Å². The Labute approximate surface area is 188 Å². The predicted molar refractivity (Wildman–Crippen MR) is 123 cm³/mol.